The second-order valence-corrected chi connectivity index (χ2v) is 11.9. The zero-order valence-corrected chi connectivity index (χ0v) is 24.4. The number of nitrogens with zero attached hydrogens (tertiary/aromatic N) is 4. The van der Waals surface area contributed by atoms with E-state index in [1.54, 1.807) is 11.8 Å². The number of carbonyl (C=O) groups excluding carboxylic acids is 2. The highest BCUT2D eigenvalue weighted by Gasteiger charge is 2.39. The van der Waals surface area contributed by atoms with Crippen LogP contribution in [0.25, 0.3) is 0 Å². The van der Waals surface area contributed by atoms with Crippen LogP contribution >= 0.6 is 0 Å². The second kappa shape index (κ2) is 11.5. The van der Waals surface area contributed by atoms with Gasteiger partial charge in [-0.25, -0.2) is 19.2 Å². The van der Waals surface area contributed by atoms with Gasteiger partial charge in [0, 0.05) is 32.2 Å². The molecule has 2 aromatic heterocycles. The molecule has 0 spiro atoms. The molecule has 9 heteroatoms. The van der Waals surface area contributed by atoms with Gasteiger partial charge in [0.25, 0.3) is 5.91 Å². The van der Waals surface area contributed by atoms with E-state index in [-0.39, 0.29) is 11.6 Å². The van der Waals surface area contributed by atoms with Crippen molar-refractivity contribution < 1.29 is 18.7 Å². The summed E-state index contributed by atoms with van der Waals surface area (Å²) in [5, 5.41) is 3.42. The predicted octanol–water partition coefficient (Wildman–Crippen LogP) is 5.49. The van der Waals surface area contributed by atoms with Crippen LogP contribution in [0.15, 0.2) is 12.1 Å². The van der Waals surface area contributed by atoms with Gasteiger partial charge < -0.3 is 19.9 Å². The van der Waals surface area contributed by atoms with E-state index < -0.39 is 23.2 Å². The number of aromatic nitrogens is 2. The molecule has 2 aliphatic rings. The molecule has 0 atom stereocenters. The number of nitrogens with one attached hydrogen (secondary N) is 1. The van der Waals surface area contributed by atoms with Crippen molar-refractivity contribution in [2.24, 2.45) is 5.92 Å². The van der Waals surface area contributed by atoms with Gasteiger partial charge in [-0.1, -0.05) is 26.7 Å². The van der Waals surface area contributed by atoms with Gasteiger partial charge in [-0.2, -0.15) is 0 Å². The molecule has 2 fully saturated rings. The Morgan fingerprint density at radius 2 is 1.85 bits per heavy atom. The average molecular weight is 540 g/mol. The van der Waals surface area contributed by atoms with Crippen LogP contribution < -0.4 is 10.2 Å². The van der Waals surface area contributed by atoms with Gasteiger partial charge in [-0.15, -0.1) is 0 Å². The van der Waals surface area contributed by atoms with Gasteiger partial charge in [0.1, 0.15) is 5.82 Å². The minimum absolute atomic E-state index is 0.0404. The summed E-state index contributed by atoms with van der Waals surface area (Å²) in [4.78, 5) is 38.9. The fourth-order valence-corrected chi connectivity index (χ4v) is 5.94. The number of carbonyl (C=O) groups is 2. The van der Waals surface area contributed by atoms with Crippen molar-refractivity contribution in [1.82, 2.24) is 14.9 Å². The molecule has 4 rings (SSSR count). The minimum atomic E-state index is -0.606. The number of esters is 1. The largest absolute Gasteiger partial charge is 0.465 e. The number of halogens is 1. The molecule has 2 aromatic rings. The van der Waals surface area contributed by atoms with Crippen LogP contribution in [0, 0.1) is 25.6 Å². The third-order valence-corrected chi connectivity index (χ3v) is 8.06. The Morgan fingerprint density at radius 1 is 1.15 bits per heavy atom. The number of aryl methyl sites for hydroxylation is 2. The van der Waals surface area contributed by atoms with E-state index in [0.717, 1.165) is 23.6 Å². The number of amides is 1. The van der Waals surface area contributed by atoms with E-state index in [9.17, 15) is 9.59 Å². The number of ether oxygens (including phenoxy) is 1. The molecule has 8 nitrogen and oxygen atoms in total. The zero-order valence-electron chi connectivity index (χ0n) is 24.4. The Morgan fingerprint density at radius 3 is 2.44 bits per heavy atom. The third-order valence-electron chi connectivity index (χ3n) is 8.06. The smallest absolute Gasteiger partial charge is 0.339 e. The van der Waals surface area contributed by atoms with Gasteiger partial charge in [0.2, 0.25) is 0 Å². The van der Waals surface area contributed by atoms with Crippen LogP contribution in [-0.4, -0.2) is 65.6 Å². The van der Waals surface area contributed by atoms with Crippen molar-refractivity contribution in [2.45, 2.75) is 78.7 Å². The monoisotopic (exact) mass is 539 g/mol. The zero-order chi connectivity index (χ0) is 28.5. The highest BCUT2D eigenvalue weighted by molar-refractivity contribution is 5.94. The van der Waals surface area contributed by atoms with Gasteiger partial charge >= 0.3 is 5.97 Å². The molecule has 0 bridgehead atoms. The molecule has 0 aromatic carbocycles. The maximum absolute atomic E-state index is 15.4. The van der Waals surface area contributed by atoms with Crippen molar-refractivity contribution in [3.8, 4) is 0 Å². The summed E-state index contributed by atoms with van der Waals surface area (Å²) in [5.41, 5.74) is 2.52. The van der Waals surface area contributed by atoms with E-state index in [0.29, 0.717) is 42.5 Å². The second-order valence-electron chi connectivity index (χ2n) is 11.9. The third kappa shape index (κ3) is 6.02. The Bertz CT molecular complexity index is 1220. The van der Waals surface area contributed by atoms with E-state index in [4.69, 9.17) is 4.74 Å². The molecule has 212 valence electrons. The summed E-state index contributed by atoms with van der Waals surface area (Å²) < 4.78 is 20.3. The van der Waals surface area contributed by atoms with Crippen molar-refractivity contribution >= 4 is 23.4 Å². The van der Waals surface area contributed by atoms with Gasteiger partial charge in [0.15, 0.2) is 11.5 Å². The fourth-order valence-electron chi connectivity index (χ4n) is 5.94. The summed E-state index contributed by atoms with van der Waals surface area (Å²) in [6.45, 7) is 13.8. The summed E-state index contributed by atoms with van der Waals surface area (Å²) in [6, 6.07) is 3.33. The molecule has 1 saturated heterocycles. The molecule has 1 amide bonds. The van der Waals surface area contributed by atoms with E-state index in [2.05, 4.69) is 20.2 Å². The van der Waals surface area contributed by atoms with Crippen molar-refractivity contribution in [3.05, 3.63) is 46.2 Å². The molecular formula is C30H42FN5O3. The standard InChI is InChI=1S/C30H42FN5O3/c1-18(2)26-23(32-16-21-10-8-9-11-21)15-22(31)27(34-26)28(37)36-13-12-35(17-30(36,5)6)24-14-19(3)25(20(4)33-24)29(38)39-7/h14-15,18,21,32H,8-13,16-17H2,1-7H3. The number of hydrogen-bond acceptors (Lipinski definition) is 7. The number of piperazine rings is 1. The molecule has 0 unspecified atom stereocenters. The van der Waals surface area contributed by atoms with E-state index in [1.165, 1.54) is 38.9 Å². The molecule has 39 heavy (non-hydrogen) atoms. The Balaban J connectivity index is 1.54. The lowest BCUT2D eigenvalue weighted by molar-refractivity contribution is 0.0500. The number of hydrogen-bond donors (Lipinski definition) is 1. The fraction of sp³-hybridized carbons (Fsp3) is 0.600. The first-order valence-corrected chi connectivity index (χ1v) is 14.0. The van der Waals surface area contributed by atoms with Crippen LogP contribution in [0.1, 0.15) is 97.1 Å². The first-order valence-electron chi connectivity index (χ1n) is 14.0. The van der Waals surface area contributed by atoms with Crippen LogP contribution in [-0.2, 0) is 4.74 Å². The SMILES string of the molecule is COC(=O)c1c(C)cc(N2CCN(C(=O)c3nc(C(C)C)c(NCC4CCCC4)cc3F)C(C)(C)C2)nc1C. The molecule has 1 aliphatic heterocycles. The van der Waals surface area contributed by atoms with Crippen molar-refractivity contribution in [2.75, 3.05) is 43.5 Å². The molecule has 3 heterocycles. The van der Waals surface area contributed by atoms with E-state index >= 15 is 4.39 Å². The number of rotatable bonds is 7. The Hall–Kier alpha value is -3.23. The van der Waals surface area contributed by atoms with Crippen molar-refractivity contribution in [3.63, 3.8) is 0 Å². The van der Waals surface area contributed by atoms with Crippen LogP contribution in [0.2, 0.25) is 0 Å². The lowest BCUT2D eigenvalue weighted by Gasteiger charge is -2.47. The maximum Gasteiger partial charge on any atom is 0.339 e. The van der Waals surface area contributed by atoms with Crippen LogP contribution in [0.4, 0.5) is 15.9 Å². The molecular weight excluding hydrogens is 497 g/mol. The molecule has 1 saturated carbocycles. The Kier molecular flexibility index (Phi) is 8.47. The van der Waals surface area contributed by atoms with Crippen molar-refractivity contribution in [1.29, 1.82) is 0 Å². The predicted molar refractivity (Wildman–Crippen MR) is 151 cm³/mol. The highest BCUT2D eigenvalue weighted by Crippen LogP contribution is 2.31. The first kappa shape index (κ1) is 28.8. The summed E-state index contributed by atoms with van der Waals surface area (Å²) in [6.07, 6.45) is 4.89. The number of anilines is 2. The van der Waals surface area contributed by atoms with Gasteiger partial charge in [-0.3, -0.25) is 4.79 Å². The van der Waals surface area contributed by atoms with Gasteiger partial charge in [0.05, 0.1) is 35.3 Å². The lowest BCUT2D eigenvalue weighted by Crippen LogP contribution is -2.61. The summed E-state index contributed by atoms with van der Waals surface area (Å²) in [7, 11) is 1.36. The van der Waals surface area contributed by atoms with E-state index in [1.807, 2.05) is 40.7 Å². The summed E-state index contributed by atoms with van der Waals surface area (Å²) >= 11 is 0. The summed E-state index contributed by atoms with van der Waals surface area (Å²) in [5.74, 6) is -0.0220. The number of methoxy groups -OCH3 is 1. The quantitative estimate of drug-likeness (QED) is 0.466. The Labute approximate surface area is 231 Å². The van der Waals surface area contributed by atoms with Crippen LogP contribution in [0.5, 0.6) is 0 Å². The topological polar surface area (TPSA) is 87.7 Å². The first-order chi connectivity index (χ1) is 18.4. The maximum atomic E-state index is 15.4. The molecule has 1 N–H and O–H groups in total. The highest BCUT2D eigenvalue weighted by atomic mass is 19.1. The normalized spacial score (nSPS) is 17.6. The minimum Gasteiger partial charge on any atom is -0.465 e. The molecule has 0 radical (unpaired) electrons. The van der Waals surface area contributed by atoms with Crippen LogP contribution in [0.3, 0.4) is 0 Å². The number of pyridine rings is 2. The average Bonchev–Trinajstić information content (AvgIpc) is 3.39. The van der Waals surface area contributed by atoms with Gasteiger partial charge in [-0.05, 0) is 64.0 Å². The lowest BCUT2D eigenvalue weighted by atomic mass is 9.97. The molecule has 1 aliphatic carbocycles.